The Morgan fingerprint density at radius 3 is 2.74 bits per heavy atom. The Morgan fingerprint density at radius 1 is 1.12 bits per heavy atom. The van der Waals surface area contributed by atoms with E-state index in [1.54, 1.807) is 61.5 Å². The van der Waals surface area contributed by atoms with Gasteiger partial charge < -0.3 is 10.1 Å². The third-order valence-electron chi connectivity index (χ3n) is 5.10. The van der Waals surface area contributed by atoms with Gasteiger partial charge in [0.25, 0.3) is 11.5 Å². The zero-order valence-electron chi connectivity index (χ0n) is 18.1. The van der Waals surface area contributed by atoms with E-state index in [9.17, 15) is 9.59 Å². The van der Waals surface area contributed by atoms with E-state index in [0.717, 1.165) is 0 Å². The second kappa shape index (κ2) is 8.49. The summed E-state index contributed by atoms with van der Waals surface area (Å²) in [5.41, 5.74) is 1.53. The number of nitrogens with zero attached hydrogens (tertiary/aromatic N) is 5. The summed E-state index contributed by atoms with van der Waals surface area (Å²) in [6.07, 6.45) is 1.44. The Labute approximate surface area is 197 Å². The minimum absolute atomic E-state index is 0.115. The molecule has 0 unspecified atom stereocenters. The van der Waals surface area contributed by atoms with E-state index in [-0.39, 0.29) is 5.95 Å². The number of aromatic nitrogens is 6. The summed E-state index contributed by atoms with van der Waals surface area (Å²) < 4.78 is 8.16. The van der Waals surface area contributed by atoms with Gasteiger partial charge in [-0.2, -0.15) is 19.9 Å². The number of nitrogens with one attached hydrogen (secondary N) is 2. The Morgan fingerprint density at radius 2 is 1.94 bits per heavy atom. The second-order valence-corrected chi connectivity index (χ2v) is 7.84. The van der Waals surface area contributed by atoms with Crippen molar-refractivity contribution in [1.29, 1.82) is 0 Å². The normalized spacial score (nSPS) is 11.0. The summed E-state index contributed by atoms with van der Waals surface area (Å²) in [6, 6.07) is 15.6. The van der Waals surface area contributed by atoms with Crippen molar-refractivity contribution in [2.75, 3.05) is 12.4 Å². The molecule has 0 bridgehead atoms. The number of ether oxygens (including phenoxy) is 1. The van der Waals surface area contributed by atoms with Gasteiger partial charge in [-0.1, -0.05) is 29.8 Å². The van der Waals surface area contributed by atoms with Crippen LogP contribution in [0.1, 0.15) is 16.1 Å². The molecule has 10 nitrogen and oxygen atoms in total. The maximum absolute atomic E-state index is 12.9. The number of anilines is 1. The first-order valence-electron chi connectivity index (χ1n) is 10.2. The molecule has 34 heavy (non-hydrogen) atoms. The number of H-pyrrole nitrogens is 1. The lowest BCUT2D eigenvalue weighted by Crippen LogP contribution is -2.19. The van der Waals surface area contributed by atoms with Crippen LogP contribution in [0.25, 0.3) is 22.7 Å². The zero-order chi connectivity index (χ0) is 23.8. The number of para-hydroxylation sites is 1. The first kappa shape index (κ1) is 21.4. The lowest BCUT2D eigenvalue weighted by molar-refractivity contribution is 0.102. The number of hydrogen-bond donors (Lipinski definition) is 2. The third-order valence-corrected chi connectivity index (χ3v) is 5.34. The van der Waals surface area contributed by atoms with Crippen LogP contribution in [-0.2, 0) is 0 Å². The minimum Gasteiger partial charge on any atom is -0.496 e. The molecular formula is C23H18ClN7O3. The number of rotatable bonds is 5. The van der Waals surface area contributed by atoms with E-state index in [2.05, 4.69) is 25.5 Å². The van der Waals surface area contributed by atoms with Crippen LogP contribution in [0.2, 0.25) is 5.02 Å². The second-order valence-electron chi connectivity index (χ2n) is 7.40. The lowest BCUT2D eigenvalue weighted by Gasteiger charge is -2.11. The summed E-state index contributed by atoms with van der Waals surface area (Å²) in [5, 5.41) is 12.3. The summed E-state index contributed by atoms with van der Waals surface area (Å²) in [5.74, 6) is 0.474. The van der Waals surface area contributed by atoms with Gasteiger partial charge in [-0.05, 0) is 37.3 Å². The van der Waals surface area contributed by atoms with E-state index in [0.29, 0.717) is 44.6 Å². The molecule has 0 aliphatic rings. The number of methoxy groups -OCH3 is 1. The van der Waals surface area contributed by atoms with Crippen LogP contribution in [0.3, 0.4) is 0 Å². The number of halogens is 1. The molecule has 170 valence electrons. The fraction of sp³-hybridized carbons (Fsp3) is 0.0870. The summed E-state index contributed by atoms with van der Waals surface area (Å²) in [7, 11) is 1.49. The van der Waals surface area contributed by atoms with Gasteiger partial charge in [-0.25, -0.2) is 4.68 Å². The minimum atomic E-state index is -0.400. The van der Waals surface area contributed by atoms with Crippen LogP contribution in [-0.4, -0.2) is 42.5 Å². The summed E-state index contributed by atoms with van der Waals surface area (Å²) in [4.78, 5) is 33.1. The van der Waals surface area contributed by atoms with Gasteiger partial charge in [0.1, 0.15) is 17.0 Å². The highest BCUT2D eigenvalue weighted by Crippen LogP contribution is 2.22. The smallest absolute Gasteiger partial charge is 0.263 e. The van der Waals surface area contributed by atoms with Crippen LogP contribution >= 0.6 is 11.6 Å². The fourth-order valence-electron chi connectivity index (χ4n) is 3.57. The van der Waals surface area contributed by atoms with Gasteiger partial charge in [-0.3, -0.25) is 14.6 Å². The lowest BCUT2D eigenvalue weighted by atomic mass is 10.2. The SMILES string of the molecule is COc1ccccc1C(=O)Nc1cc(C)nn1-c1nc2c(cnn2-c2cccc(Cl)c2)c(=O)[nH]1. The Hall–Kier alpha value is -4.44. The van der Waals surface area contributed by atoms with Crippen molar-refractivity contribution in [3.8, 4) is 17.4 Å². The van der Waals surface area contributed by atoms with Crippen molar-refractivity contribution < 1.29 is 9.53 Å². The predicted molar refractivity (Wildman–Crippen MR) is 127 cm³/mol. The molecular weight excluding hydrogens is 458 g/mol. The van der Waals surface area contributed by atoms with Crippen LogP contribution in [0.4, 0.5) is 5.82 Å². The van der Waals surface area contributed by atoms with Crippen LogP contribution in [0.5, 0.6) is 5.75 Å². The predicted octanol–water partition coefficient (Wildman–Crippen LogP) is 3.52. The summed E-state index contributed by atoms with van der Waals surface area (Å²) >= 11 is 6.12. The monoisotopic (exact) mass is 475 g/mol. The van der Waals surface area contributed by atoms with Crippen LogP contribution in [0.15, 0.2) is 65.6 Å². The summed E-state index contributed by atoms with van der Waals surface area (Å²) in [6.45, 7) is 1.77. The molecule has 2 N–H and O–H groups in total. The molecule has 0 saturated carbocycles. The highest BCUT2D eigenvalue weighted by molar-refractivity contribution is 6.30. The highest BCUT2D eigenvalue weighted by Gasteiger charge is 2.19. The van der Waals surface area contributed by atoms with Crippen molar-refractivity contribution in [2.45, 2.75) is 6.92 Å². The number of hydrogen-bond acceptors (Lipinski definition) is 6. The van der Waals surface area contributed by atoms with Crippen molar-refractivity contribution in [3.05, 3.63) is 87.4 Å². The van der Waals surface area contributed by atoms with E-state index >= 15 is 0 Å². The zero-order valence-corrected chi connectivity index (χ0v) is 18.9. The molecule has 5 rings (SSSR count). The van der Waals surface area contributed by atoms with Crippen LogP contribution in [0, 0.1) is 6.92 Å². The largest absolute Gasteiger partial charge is 0.496 e. The number of carbonyl (C=O) groups is 1. The molecule has 1 amide bonds. The van der Waals surface area contributed by atoms with E-state index in [4.69, 9.17) is 16.3 Å². The van der Waals surface area contributed by atoms with Gasteiger partial charge in [0.15, 0.2) is 5.65 Å². The quantitative estimate of drug-likeness (QED) is 0.401. The average molecular weight is 476 g/mol. The van der Waals surface area contributed by atoms with Crippen molar-refractivity contribution in [1.82, 2.24) is 29.5 Å². The molecule has 2 aromatic carbocycles. The molecule has 3 heterocycles. The van der Waals surface area contributed by atoms with E-state index < -0.39 is 11.5 Å². The molecule has 3 aromatic heterocycles. The molecule has 0 atom stereocenters. The van der Waals surface area contributed by atoms with Gasteiger partial charge in [0.05, 0.1) is 30.3 Å². The molecule has 0 aliphatic carbocycles. The Kier molecular flexibility index (Phi) is 5.34. The molecule has 0 spiro atoms. The Bertz CT molecular complexity index is 1600. The maximum Gasteiger partial charge on any atom is 0.263 e. The molecule has 5 aromatic rings. The van der Waals surface area contributed by atoms with E-state index in [1.165, 1.54) is 22.7 Å². The number of aromatic amines is 1. The van der Waals surface area contributed by atoms with E-state index in [1.807, 2.05) is 0 Å². The fourth-order valence-corrected chi connectivity index (χ4v) is 3.75. The Balaban J connectivity index is 1.59. The van der Waals surface area contributed by atoms with Gasteiger partial charge in [0, 0.05) is 11.1 Å². The number of aryl methyl sites for hydroxylation is 1. The van der Waals surface area contributed by atoms with Crippen molar-refractivity contribution >= 4 is 34.4 Å². The first-order chi connectivity index (χ1) is 16.4. The standard InChI is InChI=1S/C23H18ClN7O3/c1-13-10-19(26-21(32)16-8-3-4-9-18(16)34-2)31(29-13)23-27-20-17(22(33)28-23)12-25-30(20)15-7-5-6-14(24)11-15/h3-12H,1-2H3,(H,26,32)(H,27,28,33). The topological polar surface area (TPSA) is 120 Å². The molecule has 0 radical (unpaired) electrons. The number of benzene rings is 2. The van der Waals surface area contributed by atoms with Crippen LogP contribution < -0.4 is 15.6 Å². The highest BCUT2D eigenvalue weighted by atomic mass is 35.5. The number of fused-ring (bicyclic) bond motifs is 1. The first-order valence-corrected chi connectivity index (χ1v) is 10.6. The maximum atomic E-state index is 12.9. The third kappa shape index (κ3) is 3.80. The van der Waals surface area contributed by atoms with Crippen molar-refractivity contribution in [2.24, 2.45) is 0 Å². The molecule has 11 heteroatoms. The van der Waals surface area contributed by atoms with Gasteiger partial charge in [0.2, 0.25) is 5.95 Å². The molecule has 0 aliphatic heterocycles. The van der Waals surface area contributed by atoms with Gasteiger partial charge >= 0.3 is 0 Å². The average Bonchev–Trinajstić information content (AvgIpc) is 3.42. The van der Waals surface area contributed by atoms with Gasteiger partial charge in [-0.15, -0.1) is 0 Å². The molecule has 0 saturated heterocycles. The molecule has 0 fully saturated rings. The number of amides is 1. The van der Waals surface area contributed by atoms with Crippen molar-refractivity contribution in [3.63, 3.8) is 0 Å². The number of carbonyl (C=O) groups excluding carboxylic acids is 1.